The fourth-order valence-corrected chi connectivity index (χ4v) is 2.24. The molecule has 1 saturated carbocycles. The van der Waals surface area contributed by atoms with Crippen molar-refractivity contribution < 1.29 is 9.90 Å². The number of hydrogen-bond donors (Lipinski definition) is 2. The average Bonchev–Trinajstić information content (AvgIpc) is 2.42. The largest absolute Gasteiger partial charge is 0.481 e. The van der Waals surface area contributed by atoms with Crippen molar-refractivity contribution in [2.24, 2.45) is 10.9 Å². The lowest BCUT2D eigenvalue weighted by Crippen LogP contribution is -2.41. The molecule has 1 aliphatic carbocycles. The van der Waals surface area contributed by atoms with Gasteiger partial charge in [0.05, 0.1) is 23.8 Å². The van der Waals surface area contributed by atoms with Crippen LogP contribution in [0.15, 0.2) is 4.99 Å². The summed E-state index contributed by atoms with van der Waals surface area (Å²) in [6.45, 7) is 1.94. The smallest absolute Gasteiger partial charge is 0.306 e. The summed E-state index contributed by atoms with van der Waals surface area (Å²) < 4.78 is 0. The van der Waals surface area contributed by atoms with E-state index in [0.717, 1.165) is 25.1 Å². The lowest BCUT2D eigenvalue weighted by molar-refractivity contribution is -0.143. The molecule has 13 heavy (non-hydrogen) atoms. The highest BCUT2D eigenvalue weighted by Crippen LogP contribution is 2.29. The van der Waals surface area contributed by atoms with Crippen LogP contribution < -0.4 is 5.32 Å². The average molecular weight is 182 g/mol. The maximum absolute atomic E-state index is 10.8. The molecule has 2 aliphatic rings. The van der Waals surface area contributed by atoms with E-state index in [2.05, 4.69) is 10.3 Å². The summed E-state index contributed by atoms with van der Waals surface area (Å²) in [7, 11) is 0. The van der Waals surface area contributed by atoms with Crippen molar-refractivity contribution in [3.05, 3.63) is 0 Å². The molecule has 72 valence electrons. The van der Waals surface area contributed by atoms with Gasteiger partial charge in [0.1, 0.15) is 0 Å². The van der Waals surface area contributed by atoms with Gasteiger partial charge in [-0.25, -0.2) is 0 Å². The first kappa shape index (κ1) is 8.53. The van der Waals surface area contributed by atoms with E-state index in [4.69, 9.17) is 5.11 Å². The molecule has 0 aromatic rings. The van der Waals surface area contributed by atoms with Gasteiger partial charge in [0.2, 0.25) is 0 Å². The molecule has 3 atom stereocenters. The molecule has 0 aromatic heterocycles. The normalized spacial score (nSPS) is 37.6. The zero-order valence-electron chi connectivity index (χ0n) is 7.66. The molecule has 0 amide bonds. The predicted molar refractivity (Wildman–Crippen MR) is 48.8 cm³/mol. The standard InChI is InChI=1S/C9H14N2O2/c1-5-10-7-3-2-6(9(12)13)4-8(7)11-5/h6-8H,2-4H2,1H3,(H,10,11)(H,12,13). The Bertz CT molecular complexity index is 262. The van der Waals surface area contributed by atoms with E-state index in [-0.39, 0.29) is 12.0 Å². The summed E-state index contributed by atoms with van der Waals surface area (Å²) >= 11 is 0. The van der Waals surface area contributed by atoms with Gasteiger partial charge < -0.3 is 10.4 Å². The minimum atomic E-state index is -0.662. The van der Waals surface area contributed by atoms with Crippen molar-refractivity contribution in [1.29, 1.82) is 0 Å². The van der Waals surface area contributed by atoms with Crippen LogP contribution in [0.5, 0.6) is 0 Å². The van der Waals surface area contributed by atoms with Gasteiger partial charge in [-0.1, -0.05) is 0 Å². The summed E-state index contributed by atoms with van der Waals surface area (Å²) in [5.74, 6) is 0.126. The highest BCUT2D eigenvalue weighted by atomic mass is 16.4. The van der Waals surface area contributed by atoms with E-state index in [1.54, 1.807) is 0 Å². The topological polar surface area (TPSA) is 61.7 Å². The van der Waals surface area contributed by atoms with Crippen LogP contribution >= 0.6 is 0 Å². The van der Waals surface area contributed by atoms with Crippen LogP contribution in [0.25, 0.3) is 0 Å². The van der Waals surface area contributed by atoms with Gasteiger partial charge in [-0.15, -0.1) is 0 Å². The lowest BCUT2D eigenvalue weighted by atomic mass is 9.83. The van der Waals surface area contributed by atoms with Gasteiger partial charge in [-0.05, 0) is 26.2 Å². The molecule has 4 heteroatoms. The van der Waals surface area contributed by atoms with Crippen LogP contribution in [0.1, 0.15) is 26.2 Å². The van der Waals surface area contributed by atoms with Crippen molar-refractivity contribution in [3.8, 4) is 0 Å². The van der Waals surface area contributed by atoms with Gasteiger partial charge in [0, 0.05) is 0 Å². The Labute approximate surface area is 77.0 Å². The summed E-state index contributed by atoms with van der Waals surface area (Å²) in [4.78, 5) is 15.2. The number of nitrogens with one attached hydrogen (secondary N) is 1. The Morgan fingerprint density at radius 2 is 2.38 bits per heavy atom. The number of carboxylic acids is 1. The van der Waals surface area contributed by atoms with Gasteiger partial charge in [-0.2, -0.15) is 0 Å². The molecule has 1 heterocycles. The number of carbonyl (C=O) groups is 1. The fourth-order valence-electron chi connectivity index (χ4n) is 2.24. The monoisotopic (exact) mass is 182 g/mol. The number of aliphatic imine (C=N–C) groups is 1. The van der Waals surface area contributed by atoms with Crippen molar-refractivity contribution in [2.45, 2.75) is 38.3 Å². The number of fused-ring (bicyclic) bond motifs is 1. The zero-order chi connectivity index (χ0) is 9.42. The molecule has 1 aliphatic heterocycles. The third-order valence-electron chi connectivity index (χ3n) is 2.92. The molecule has 4 nitrogen and oxygen atoms in total. The summed E-state index contributed by atoms with van der Waals surface area (Å²) in [5, 5.41) is 12.1. The van der Waals surface area contributed by atoms with Gasteiger partial charge in [-0.3, -0.25) is 9.79 Å². The first-order valence-electron chi connectivity index (χ1n) is 4.70. The van der Waals surface area contributed by atoms with Crippen LogP contribution in [0, 0.1) is 5.92 Å². The zero-order valence-corrected chi connectivity index (χ0v) is 7.66. The number of carboxylic acid groups (broad SMARTS) is 1. The highest BCUT2D eigenvalue weighted by Gasteiger charge is 2.36. The van der Waals surface area contributed by atoms with Gasteiger partial charge in [0.15, 0.2) is 0 Å². The molecule has 0 radical (unpaired) electrons. The maximum Gasteiger partial charge on any atom is 0.306 e. The molecule has 3 unspecified atom stereocenters. The highest BCUT2D eigenvalue weighted by molar-refractivity contribution is 5.82. The van der Waals surface area contributed by atoms with Crippen LogP contribution in [0.4, 0.5) is 0 Å². The van der Waals surface area contributed by atoms with Crippen LogP contribution in [0.2, 0.25) is 0 Å². The summed E-state index contributed by atoms with van der Waals surface area (Å²) in [6, 6.07) is 0.602. The minimum Gasteiger partial charge on any atom is -0.481 e. The van der Waals surface area contributed by atoms with Crippen LogP contribution in [0.3, 0.4) is 0 Å². The Morgan fingerprint density at radius 1 is 1.62 bits per heavy atom. The Balaban J connectivity index is 2.01. The van der Waals surface area contributed by atoms with Crippen molar-refractivity contribution in [1.82, 2.24) is 5.32 Å². The summed E-state index contributed by atoms with van der Waals surface area (Å²) in [6.07, 6.45) is 2.40. The third-order valence-corrected chi connectivity index (χ3v) is 2.92. The minimum absolute atomic E-state index is 0.171. The third kappa shape index (κ3) is 1.53. The Morgan fingerprint density at radius 3 is 3.08 bits per heavy atom. The maximum atomic E-state index is 10.8. The first-order valence-corrected chi connectivity index (χ1v) is 4.70. The van der Waals surface area contributed by atoms with Crippen LogP contribution in [-0.4, -0.2) is 29.0 Å². The molecule has 2 N–H and O–H groups in total. The van der Waals surface area contributed by atoms with E-state index < -0.39 is 5.97 Å². The van der Waals surface area contributed by atoms with Gasteiger partial charge >= 0.3 is 5.97 Å². The van der Waals surface area contributed by atoms with Gasteiger partial charge in [0.25, 0.3) is 0 Å². The van der Waals surface area contributed by atoms with Crippen molar-refractivity contribution in [3.63, 3.8) is 0 Å². The van der Waals surface area contributed by atoms with Crippen LogP contribution in [-0.2, 0) is 4.79 Å². The molecule has 0 bridgehead atoms. The first-order chi connectivity index (χ1) is 6.16. The second-order valence-corrected chi connectivity index (χ2v) is 3.88. The SMILES string of the molecule is CC1=NC2CCC(C(=O)O)CC2N1. The van der Waals surface area contributed by atoms with Crippen molar-refractivity contribution in [2.75, 3.05) is 0 Å². The quantitative estimate of drug-likeness (QED) is 0.625. The fraction of sp³-hybridized carbons (Fsp3) is 0.778. The molecule has 1 fully saturated rings. The molecule has 0 saturated heterocycles. The van der Waals surface area contributed by atoms with E-state index in [9.17, 15) is 4.79 Å². The van der Waals surface area contributed by atoms with E-state index in [0.29, 0.717) is 6.04 Å². The number of hydrogen-bond acceptors (Lipinski definition) is 3. The number of nitrogens with zero attached hydrogens (tertiary/aromatic N) is 1. The molecule has 2 rings (SSSR count). The van der Waals surface area contributed by atoms with E-state index in [1.807, 2.05) is 6.92 Å². The van der Waals surface area contributed by atoms with E-state index in [1.165, 1.54) is 0 Å². The van der Waals surface area contributed by atoms with E-state index >= 15 is 0 Å². The number of amidine groups is 1. The molecule has 0 aromatic carbocycles. The number of aliphatic carboxylic acids is 1. The summed E-state index contributed by atoms with van der Waals surface area (Å²) in [5.41, 5.74) is 0. The second-order valence-electron chi connectivity index (χ2n) is 3.88. The lowest BCUT2D eigenvalue weighted by Gasteiger charge is -2.28. The Kier molecular flexibility index (Phi) is 1.98. The second kappa shape index (κ2) is 3.01. The molecular formula is C9H14N2O2. The number of rotatable bonds is 1. The molecular weight excluding hydrogens is 168 g/mol. The molecule has 0 spiro atoms. The Hall–Kier alpha value is -1.06. The van der Waals surface area contributed by atoms with Crippen molar-refractivity contribution >= 4 is 11.8 Å². The predicted octanol–water partition coefficient (Wildman–Crippen LogP) is 0.630.